The number of imidazole rings is 1. The lowest BCUT2D eigenvalue weighted by Gasteiger charge is -2.18. The molecule has 1 saturated heterocycles. The summed E-state index contributed by atoms with van der Waals surface area (Å²) in [6.07, 6.45) is -2.81. The van der Waals surface area contributed by atoms with Crippen molar-refractivity contribution >= 4 is 28.9 Å². The second-order valence-corrected chi connectivity index (χ2v) is 5.59. The molecule has 2 aromatic heterocycles. The van der Waals surface area contributed by atoms with Crippen LogP contribution in [0.25, 0.3) is 11.2 Å². The number of ether oxygens (including phenoxy) is 1. The standard InChI is InChI=1S/C11H15N5O5S/c1-22-11-13-4-7(14-10(12)15-8(4)20)16(11)9-6(19)5(18)3(2-17)21-9/h3,5-6,9,17-19H,2H2,1H3,(H3,12,14,15,20)/t3-,5+,6+,9-/m1/s1. The molecule has 11 heteroatoms. The minimum atomic E-state index is -1.30. The van der Waals surface area contributed by atoms with Gasteiger partial charge in [-0.3, -0.25) is 14.3 Å². The molecule has 1 fully saturated rings. The number of rotatable bonds is 3. The van der Waals surface area contributed by atoms with Gasteiger partial charge in [0, 0.05) is 0 Å². The van der Waals surface area contributed by atoms with Crippen LogP contribution in [0.1, 0.15) is 6.23 Å². The van der Waals surface area contributed by atoms with E-state index in [-0.39, 0.29) is 17.1 Å². The monoisotopic (exact) mass is 329 g/mol. The summed E-state index contributed by atoms with van der Waals surface area (Å²) in [7, 11) is 0. The van der Waals surface area contributed by atoms with Crippen LogP contribution in [0.4, 0.5) is 5.95 Å². The van der Waals surface area contributed by atoms with Gasteiger partial charge in [0.15, 0.2) is 22.5 Å². The number of aliphatic hydroxyl groups excluding tert-OH is 3. The first kappa shape index (κ1) is 15.2. The maximum atomic E-state index is 11.9. The van der Waals surface area contributed by atoms with Gasteiger partial charge in [-0.25, -0.2) is 4.98 Å². The highest BCUT2D eigenvalue weighted by molar-refractivity contribution is 7.98. The first-order valence-corrected chi connectivity index (χ1v) is 7.64. The molecule has 0 aromatic carbocycles. The maximum Gasteiger partial charge on any atom is 0.280 e. The van der Waals surface area contributed by atoms with Gasteiger partial charge in [-0.1, -0.05) is 11.8 Å². The van der Waals surface area contributed by atoms with Crippen molar-refractivity contribution in [2.24, 2.45) is 0 Å². The lowest BCUT2D eigenvalue weighted by atomic mass is 10.1. The van der Waals surface area contributed by atoms with Crippen LogP contribution in [-0.2, 0) is 4.74 Å². The Bertz CT molecular complexity index is 761. The number of nitrogens with one attached hydrogen (secondary N) is 1. The second-order valence-electron chi connectivity index (χ2n) is 4.82. The van der Waals surface area contributed by atoms with Gasteiger partial charge in [0.2, 0.25) is 5.95 Å². The molecule has 0 spiro atoms. The van der Waals surface area contributed by atoms with Gasteiger partial charge in [0.1, 0.15) is 18.3 Å². The molecule has 0 aliphatic carbocycles. The molecule has 0 bridgehead atoms. The van der Waals surface area contributed by atoms with Crippen molar-refractivity contribution in [3.8, 4) is 0 Å². The van der Waals surface area contributed by atoms with E-state index in [2.05, 4.69) is 15.0 Å². The number of fused-ring (bicyclic) bond motifs is 1. The first-order chi connectivity index (χ1) is 10.5. The first-order valence-electron chi connectivity index (χ1n) is 6.42. The molecule has 1 aliphatic rings. The number of nitrogens with two attached hydrogens (primary N) is 1. The molecule has 1 aliphatic heterocycles. The Balaban J connectivity index is 2.20. The van der Waals surface area contributed by atoms with Gasteiger partial charge in [-0.15, -0.1) is 0 Å². The number of nitrogens with zero attached hydrogens (tertiary/aromatic N) is 3. The van der Waals surface area contributed by atoms with E-state index in [0.29, 0.717) is 5.16 Å². The van der Waals surface area contributed by atoms with Gasteiger partial charge in [-0.05, 0) is 6.26 Å². The van der Waals surface area contributed by atoms with E-state index in [4.69, 9.17) is 10.5 Å². The number of aliphatic hydroxyl groups is 3. The highest BCUT2D eigenvalue weighted by Gasteiger charge is 2.45. The Morgan fingerprint density at radius 2 is 2.14 bits per heavy atom. The van der Waals surface area contributed by atoms with Crippen LogP contribution in [0.5, 0.6) is 0 Å². The number of aromatic nitrogens is 4. The van der Waals surface area contributed by atoms with E-state index in [1.165, 1.54) is 16.3 Å². The smallest absolute Gasteiger partial charge is 0.280 e. The molecule has 6 N–H and O–H groups in total. The number of thioether (sulfide) groups is 1. The van der Waals surface area contributed by atoms with Crippen molar-refractivity contribution in [2.75, 3.05) is 18.6 Å². The lowest BCUT2D eigenvalue weighted by molar-refractivity contribution is -0.0548. The number of hydrogen-bond acceptors (Lipinski definition) is 9. The molecule has 0 saturated carbocycles. The van der Waals surface area contributed by atoms with Crippen LogP contribution in [0.3, 0.4) is 0 Å². The molecular formula is C11H15N5O5S. The molecule has 0 amide bonds. The fourth-order valence-electron chi connectivity index (χ4n) is 2.45. The Morgan fingerprint density at radius 1 is 1.41 bits per heavy atom. The quantitative estimate of drug-likeness (QED) is 0.403. The molecule has 22 heavy (non-hydrogen) atoms. The van der Waals surface area contributed by atoms with Gasteiger partial charge in [0.25, 0.3) is 5.56 Å². The second kappa shape index (κ2) is 5.52. The molecular weight excluding hydrogens is 314 g/mol. The third kappa shape index (κ3) is 2.18. The van der Waals surface area contributed by atoms with Crippen LogP contribution in [-0.4, -0.2) is 66.0 Å². The van der Waals surface area contributed by atoms with Crippen molar-refractivity contribution in [1.82, 2.24) is 19.5 Å². The third-order valence-corrected chi connectivity index (χ3v) is 4.14. The SMILES string of the molecule is CSc1nc2c(=O)[nH]c(N)nc2n1[C@@H]1O[C@H](CO)[C@H](O)[C@@H]1O. The lowest BCUT2D eigenvalue weighted by Crippen LogP contribution is -2.33. The van der Waals surface area contributed by atoms with Gasteiger partial charge >= 0.3 is 0 Å². The predicted molar refractivity (Wildman–Crippen MR) is 77.4 cm³/mol. The molecule has 2 aromatic rings. The molecule has 3 rings (SSSR count). The topological polar surface area (TPSA) is 160 Å². The van der Waals surface area contributed by atoms with E-state index < -0.39 is 36.7 Å². The van der Waals surface area contributed by atoms with Gasteiger partial charge in [-0.2, -0.15) is 4.98 Å². The van der Waals surface area contributed by atoms with E-state index in [9.17, 15) is 20.1 Å². The number of aromatic amines is 1. The average Bonchev–Trinajstić information content (AvgIpc) is 2.98. The minimum Gasteiger partial charge on any atom is -0.394 e. The van der Waals surface area contributed by atoms with E-state index in [1.807, 2.05) is 0 Å². The van der Waals surface area contributed by atoms with Crippen molar-refractivity contribution < 1.29 is 20.1 Å². The van der Waals surface area contributed by atoms with Crippen molar-refractivity contribution in [3.05, 3.63) is 10.4 Å². The summed E-state index contributed by atoms with van der Waals surface area (Å²) in [5, 5.41) is 29.6. The summed E-state index contributed by atoms with van der Waals surface area (Å²) in [6, 6.07) is 0. The largest absolute Gasteiger partial charge is 0.394 e. The Morgan fingerprint density at radius 3 is 2.73 bits per heavy atom. The maximum absolute atomic E-state index is 11.9. The molecule has 0 unspecified atom stereocenters. The summed E-state index contributed by atoms with van der Waals surface area (Å²) in [5.41, 5.74) is 5.23. The predicted octanol–water partition coefficient (Wildman–Crippen LogP) is -1.96. The number of H-pyrrole nitrogens is 1. The summed E-state index contributed by atoms with van der Waals surface area (Å²) >= 11 is 1.22. The van der Waals surface area contributed by atoms with E-state index in [0.717, 1.165) is 0 Å². The molecule has 10 nitrogen and oxygen atoms in total. The normalized spacial score (nSPS) is 28.5. The van der Waals surface area contributed by atoms with Crippen LogP contribution in [0.2, 0.25) is 0 Å². The van der Waals surface area contributed by atoms with Crippen LogP contribution in [0.15, 0.2) is 9.95 Å². The zero-order chi connectivity index (χ0) is 16.0. The summed E-state index contributed by atoms with van der Waals surface area (Å²) < 4.78 is 6.87. The molecule has 4 atom stereocenters. The molecule has 0 radical (unpaired) electrons. The number of nitrogen functional groups attached to an aromatic ring is 1. The molecule has 3 heterocycles. The fourth-order valence-corrected chi connectivity index (χ4v) is 3.02. The Labute approximate surface area is 127 Å². The van der Waals surface area contributed by atoms with Crippen LogP contribution < -0.4 is 11.3 Å². The fraction of sp³-hybridized carbons (Fsp3) is 0.545. The van der Waals surface area contributed by atoms with E-state index in [1.54, 1.807) is 6.26 Å². The minimum absolute atomic E-state index is 0.0521. The van der Waals surface area contributed by atoms with Crippen LogP contribution in [0, 0.1) is 0 Å². The Kier molecular flexibility index (Phi) is 3.82. The highest BCUT2D eigenvalue weighted by atomic mass is 32.2. The summed E-state index contributed by atoms with van der Waals surface area (Å²) in [6.45, 7) is -0.452. The number of anilines is 1. The summed E-state index contributed by atoms with van der Waals surface area (Å²) in [5.74, 6) is -0.0990. The number of hydrogen-bond donors (Lipinski definition) is 5. The van der Waals surface area contributed by atoms with Crippen molar-refractivity contribution in [3.63, 3.8) is 0 Å². The zero-order valence-electron chi connectivity index (χ0n) is 11.5. The third-order valence-electron chi connectivity index (χ3n) is 3.49. The van der Waals surface area contributed by atoms with E-state index >= 15 is 0 Å². The summed E-state index contributed by atoms with van der Waals surface area (Å²) in [4.78, 5) is 22.4. The Hall–Kier alpha value is -1.66. The average molecular weight is 329 g/mol. The molecule has 120 valence electrons. The van der Waals surface area contributed by atoms with Crippen LogP contribution >= 0.6 is 11.8 Å². The highest BCUT2D eigenvalue weighted by Crippen LogP contribution is 2.34. The van der Waals surface area contributed by atoms with Gasteiger partial charge in [0.05, 0.1) is 6.61 Å². The van der Waals surface area contributed by atoms with Gasteiger partial charge < -0.3 is 25.8 Å². The van der Waals surface area contributed by atoms with Crippen molar-refractivity contribution in [1.29, 1.82) is 0 Å². The van der Waals surface area contributed by atoms with Crippen molar-refractivity contribution in [2.45, 2.75) is 29.7 Å². The zero-order valence-corrected chi connectivity index (χ0v) is 12.3.